The van der Waals surface area contributed by atoms with Gasteiger partial charge in [-0.3, -0.25) is 9.69 Å². The quantitative estimate of drug-likeness (QED) is 0.593. The first-order valence-corrected chi connectivity index (χ1v) is 11.9. The van der Waals surface area contributed by atoms with Gasteiger partial charge >= 0.3 is 0 Å². The van der Waals surface area contributed by atoms with Crippen molar-refractivity contribution in [3.8, 4) is 0 Å². The molecule has 2 saturated heterocycles. The second-order valence-corrected chi connectivity index (χ2v) is 9.51. The predicted octanol–water partition coefficient (Wildman–Crippen LogP) is 4.13. The van der Waals surface area contributed by atoms with Crippen LogP contribution in [0, 0.1) is 6.92 Å². The van der Waals surface area contributed by atoms with E-state index in [1.165, 1.54) is 11.1 Å². The van der Waals surface area contributed by atoms with Crippen LogP contribution in [0.2, 0.25) is 0 Å². The monoisotopic (exact) mass is 448 g/mol. The minimum Gasteiger partial charge on any atom is -0.451 e. The lowest BCUT2D eigenvalue weighted by molar-refractivity contribution is -0.0276. The van der Waals surface area contributed by atoms with E-state index in [0.29, 0.717) is 30.7 Å². The molecule has 0 aliphatic carbocycles. The molecule has 6 nitrogen and oxygen atoms in total. The zero-order chi connectivity index (χ0) is 22.8. The number of piperidine rings is 1. The van der Waals surface area contributed by atoms with Crippen LogP contribution in [0.4, 0.5) is 0 Å². The van der Waals surface area contributed by atoms with Gasteiger partial charge in [-0.05, 0) is 61.9 Å². The Labute approximate surface area is 194 Å². The van der Waals surface area contributed by atoms with Gasteiger partial charge in [0.25, 0.3) is 5.91 Å². The summed E-state index contributed by atoms with van der Waals surface area (Å²) in [6.45, 7) is 5.96. The largest absolute Gasteiger partial charge is 0.451 e. The Morgan fingerprint density at radius 3 is 2.79 bits per heavy atom. The number of furan rings is 1. The minimum absolute atomic E-state index is 0.0935. The molecular formula is C27H32N2O4. The van der Waals surface area contributed by atoms with E-state index >= 15 is 0 Å². The van der Waals surface area contributed by atoms with Crippen LogP contribution < -0.4 is 5.32 Å². The van der Waals surface area contributed by atoms with Crippen molar-refractivity contribution in [2.24, 2.45) is 0 Å². The van der Waals surface area contributed by atoms with Crippen molar-refractivity contribution in [3.63, 3.8) is 0 Å². The van der Waals surface area contributed by atoms with E-state index in [4.69, 9.17) is 9.15 Å². The first-order chi connectivity index (χ1) is 16.0. The van der Waals surface area contributed by atoms with Gasteiger partial charge in [-0.25, -0.2) is 0 Å². The topological polar surface area (TPSA) is 74.9 Å². The van der Waals surface area contributed by atoms with Gasteiger partial charge in [0.15, 0.2) is 5.76 Å². The Bertz CT molecular complexity index is 1120. The summed E-state index contributed by atoms with van der Waals surface area (Å²) in [7, 11) is 0. The molecule has 1 aromatic heterocycles. The second-order valence-electron chi connectivity index (χ2n) is 9.51. The molecule has 0 saturated carbocycles. The van der Waals surface area contributed by atoms with Gasteiger partial charge in [0, 0.05) is 38.2 Å². The zero-order valence-electron chi connectivity index (χ0n) is 19.2. The van der Waals surface area contributed by atoms with Crippen LogP contribution in [0.15, 0.2) is 52.9 Å². The summed E-state index contributed by atoms with van der Waals surface area (Å²) in [6.07, 6.45) is 3.47. The maximum absolute atomic E-state index is 12.5. The summed E-state index contributed by atoms with van der Waals surface area (Å²) >= 11 is 0. The second kappa shape index (κ2) is 9.29. The van der Waals surface area contributed by atoms with E-state index in [1.54, 1.807) is 6.07 Å². The number of aliphatic hydroxyl groups is 1. The molecule has 3 heterocycles. The Hall–Kier alpha value is -2.67. The number of nitrogens with one attached hydrogen (secondary N) is 1. The highest BCUT2D eigenvalue weighted by molar-refractivity contribution is 5.96. The molecule has 174 valence electrons. The molecule has 0 bridgehead atoms. The average Bonchev–Trinajstić information content (AvgIpc) is 3.48. The molecule has 1 amide bonds. The van der Waals surface area contributed by atoms with E-state index < -0.39 is 5.60 Å². The Morgan fingerprint density at radius 2 is 2.03 bits per heavy atom. The van der Waals surface area contributed by atoms with Crippen LogP contribution in [-0.2, 0) is 16.9 Å². The molecule has 2 fully saturated rings. The van der Waals surface area contributed by atoms with Crippen molar-refractivity contribution < 1.29 is 19.1 Å². The van der Waals surface area contributed by atoms with Crippen molar-refractivity contribution in [3.05, 3.63) is 71.0 Å². The molecule has 33 heavy (non-hydrogen) atoms. The standard InChI is InChI=1S/C27H32N2O4/c1-19-4-2-5-20(14-19)18-29-11-9-27(31,10-12-29)22-7-8-24-21(15-22)16-25(33-24)26(30)28-17-23-6-3-13-32-23/h2,4-5,7-8,14-16,23,31H,3,6,9-13,17-18H2,1H3,(H,28,30)/t23-/m1/s1. The number of carbonyl (C=O) groups is 1. The van der Waals surface area contributed by atoms with Crippen molar-refractivity contribution >= 4 is 16.9 Å². The third-order valence-corrected chi connectivity index (χ3v) is 6.96. The van der Waals surface area contributed by atoms with Crippen molar-refractivity contribution in [1.29, 1.82) is 0 Å². The zero-order valence-corrected chi connectivity index (χ0v) is 19.2. The lowest BCUT2D eigenvalue weighted by atomic mass is 9.84. The highest BCUT2D eigenvalue weighted by Gasteiger charge is 2.34. The third kappa shape index (κ3) is 4.98. The van der Waals surface area contributed by atoms with Gasteiger partial charge in [0.1, 0.15) is 5.58 Å². The highest BCUT2D eigenvalue weighted by Crippen LogP contribution is 2.35. The number of benzene rings is 2. The Morgan fingerprint density at radius 1 is 1.18 bits per heavy atom. The summed E-state index contributed by atoms with van der Waals surface area (Å²) in [5, 5.41) is 15.1. The van der Waals surface area contributed by atoms with E-state index in [9.17, 15) is 9.90 Å². The van der Waals surface area contributed by atoms with Crippen LogP contribution in [-0.4, -0.2) is 48.3 Å². The normalized spacial score (nSPS) is 20.8. The first-order valence-electron chi connectivity index (χ1n) is 11.9. The summed E-state index contributed by atoms with van der Waals surface area (Å²) in [5.74, 6) is 0.0616. The molecule has 5 rings (SSSR count). The number of carbonyl (C=O) groups excluding carboxylic acids is 1. The van der Waals surface area contributed by atoms with Gasteiger partial charge in [-0.2, -0.15) is 0 Å². The molecule has 2 N–H and O–H groups in total. The summed E-state index contributed by atoms with van der Waals surface area (Å²) < 4.78 is 11.3. The predicted molar refractivity (Wildman–Crippen MR) is 127 cm³/mol. The number of nitrogens with zero attached hydrogens (tertiary/aromatic N) is 1. The van der Waals surface area contributed by atoms with E-state index in [-0.39, 0.29) is 12.0 Å². The molecule has 3 aromatic rings. The summed E-state index contributed by atoms with van der Waals surface area (Å²) in [6, 6.07) is 16.1. The third-order valence-electron chi connectivity index (χ3n) is 6.96. The molecule has 2 aliphatic heterocycles. The molecule has 2 aromatic carbocycles. The molecule has 0 unspecified atom stereocenters. The summed E-state index contributed by atoms with van der Waals surface area (Å²) in [5.41, 5.74) is 3.26. The minimum atomic E-state index is -0.864. The molecule has 2 aliphatic rings. The maximum Gasteiger partial charge on any atom is 0.287 e. The number of fused-ring (bicyclic) bond motifs is 1. The number of rotatable bonds is 6. The fraction of sp³-hybridized carbons (Fsp3) is 0.444. The lowest BCUT2D eigenvalue weighted by Crippen LogP contribution is -2.42. The van der Waals surface area contributed by atoms with E-state index in [2.05, 4.69) is 41.4 Å². The number of hydrogen-bond acceptors (Lipinski definition) is 5. The summed E-state index contributed by atoms with van der Waals surface area (Å²) in [4.78, 5) is 14.9. The first kappa shape index (κ1) is 22.1. The van der Waals surface area contributed by atoms with Gasteiger partial charge in [0.05, 0.1) is 11.7 Å². The molecular weight excluding hydrogens is 416 g/mol. The molecule has 0 radical (unpaired) electrons. The van der Waals surface area contributed by atoms with Crippen LogP contribution in [0.25, 0.3) is 11.0 Å². The number of amides is 1. The molecule has 0 spiro atoms. The smallest absolute Gasteiger partial charge is 0.287 e. The van der Waals surface area contributed by atoms with Gasteiger partial charge in [-0.15, -0.1) is 0 Å². The maximum atomic E-state index is 12.5. The number of hydrogen-bond donors (Lipinski definition) is 2. The fourth-order valence-corrected chi connectivity index (χ4v) is 4.98. The van der Waals surface area contributed by atoms with E-state index in [0.717, 1.165) is 50.0 Å². The van der Waals surface area contributed by atoms with Crippen molar-refractivity contribution in [2.45, 2.75) is 50.9 Å². The lowest BCUT2D eigenvalue weighted by Gasteiger charge is -2.38. The van der Waals surface area contributed by atoms with Crippen LogP contribution in [0.1, 0.15) is 52.9 Å². The van der Waals surface area contributed by atoms with Gasteiger partial charge in [-0.1, -0.05) is 35.9 Å². The number of ether oxygens (including phenoxy) is 1. The highest BCUT2D eigenvalue weighted by atomic mass is 16.5. The van der Waals surface area contributed by atoms with Crippen LogP contribution >= 0.6 is 0 Å². The van der Waals surface area contributed by atoms with Crippen LogP contribution in [0.3, 0.4) is 0 Å². The van der Waals surface area contributed by atoms with Crippen molar-refractivity contribution in [2.75, 3.05) is 26.2 Å². The Kier molecular flexibility index (Phi) is 6.23. The average molecular weight is 449 g/mol. The Balaban J connectivity index is 1.23. The van der Waals surface area contributed by atoms with Gasteiger partial charge < -0.3 is 19.6 Å². The molecule has 1 atom stereocenters. The number of likely N-dealkylation sites (tertiary alicyclic amines) is 1. The number of aryl methyl sites for hydroxylation is 1. The SMILES string of the molecule is Cc1cccc(CN2CCC(O)(c3ccc4oc(C(=O)NC[C@H]5CCCO5)cc4c3)CC2)c1. The van der Waals surface area contributed by atoms with E-state index in [1.807, 2.05) is 18.2 Å². The fourth-order valence-electron chi connectivity index (χ4n) is 4.98. The van der Waals surface area contributed by atoms with Crippen molar-refractivity contribution in [1.82, 2.24) is 10.2 Å². The molecule has 6 heteroatoms. The van der Waals surface area contributed by atoms with Crippen LogP contribution in [0.5, 0.6) is 0 Å². The van der Waals surface area contributed by atoms with Gasteiger partial charge in [0.2, 0.25) is 0 Å².